The summed E-state index contributed by atoms with van der Waals surface area (Å²) in [5.41, 5.74) is 4.24. The van der Waals surface area contributed by atoms with Crippen molar-refractivity contribution in [3.05, 3.63) is 51.9 Å². The Bertz CT molecular complexity index is 1250. The van der Waals surface area contributed by atoms with Gasteiger partial charge in [-0.1, -0.05) is 6.07 Å². The number of esters is 1. The smallest absolute Gasteiger partial charge is 0.326 e. The zero-order valence-corrected chi connectivity index (χ0v) is 22.2. The summed E-state index contributed by atoms with van der Waals surface area (Å²) in [6, 6.07) is 7.01. The minimum Gasteiger partial charge on any atom is -0.461 e. The molecule has 5 rings (SSSR count). The van der Waals surface area contributed by atoms with Crippen LogP contribution in [0, 0.1) is 6.92 Å². The van der Waals surface area contributed by atoms with E-state index in [9.17, 15) is 14.7 Å². The molecule has 0 spiro atoms. The maximum Gasteiger partial charge on any atom is 0.326 e. The van der Waals surface area contributed by atoms with E-state index in [2.05, 4.69) is 5.32 Å². The largest absolute Gasteiger partial charge is 0.461 e. The van der Waals surface area contributed by atoms with E-state index in [0.29, 0.717) is 12.1 Å². The first kappa shape index (κ1) is 27.0. The van der Waals surface area contributed by atoms with Crippen LogP contribution in [0.4, 0.5) is 0 Å². The molecule has 2 aromatic heterocycles. The van der Waals surface area contributed by atoms with E-state index in [-0.39, 0.29) is 11.7 Å². The van der Waals surface area contributed by atoms with Crippen LogP contribution in [0.5, 0.6) is 0 Å². The second-order valence-corrected chi connectivity index (χ2v) is 10.1. The second-order valence-electron chi connectivity index (χ2n) is 10.1. The second kappa shape index (κ2) is 12.0. The number of carbonyl (C=O) groups is 1. The number of aromatic nitrogens is 3. The molecule has 2 N–H and O–H groups in total. The molecule has 9 nitrogen and oxygen atoms in total. The molecular weight excluding hydrogens is 472 g/mol. The van der Waals surface area contributed by atoms with E-state index in [1.807, 2.05) is 35.9 Å². The van der Waals surface area contributed by atoms with Crippen LogP contribution in [-0.2, 0) is 34.9 Å². The number of carbonyl (C=O) groups excluding carboxylic acids is 1. The summed E-state index contributed by atoms with van der Waals surface area (Å²) in [7, 11) is 3.68. The lowest BCUT2D eigenvalue weighted by molar-refractivity contribution is -0.158. The summed E-state index contributed by atoms with van der Waals surface area (Å²) in [6.07, 6.45) is 6.34. The van der Waals surface area contributed by atoms with Gasteiger partial charge in [-0.3, -0.25) is 14.9 Å². The Labute approximate surface area is 217 Å². The van der Waals surface area contributed by atoms with Crippen LogP contribution < -0.4 is 10.9 Å². The molecule has 1 saturated heterocycles. The highest BCUT2D eigenvalue weighted by Gasteiger charge is 2.29. The predicted octanol–water partition coefficient (Wildman–Crippen LogP) is 2.98. The SMILES string of the molecule is C1CCOC1.Cc1cc(-c2nc3cc(CN[C@H](C(=O)OC4CCC4)[C@@H](C)O)ccc3n2C)cn(C)c1=O. The molecule has 1 saturated carbocycles. The highest BCUT2D eigenvalue weighted by molar-refractivity contribution is 5.81. The summed E-state index contributed by atoms with van der Waals surface area (Å²) in [6.45, 7) is 5.78. The molecule has 3 aromatic rings. The fraction of sp³-hybridized carbons (Fsp3) is 0.536. The van der Waals surface area contributed by atoms with E-state index in [1.54, 1.807) is 31.7 Å². The summed E-state index contributed by atoms with van der Waals surface area (Å²) in [5.74, 6) is 0.366. The highest BCUT2D eigenvalue weighted by atomic mass is 16.5. The van der Waals surface area contributed by atoms with Gasteiger partial charge in [0.1, 0.15) is 18.0 Å². The van der Waals surface area contributed by atoms with Gasteiger partial charge < -0.3 is 23.7 Å². The number of imidazole rings is 1. The predicted molar refractivity (Wildman–Crippen MR) is 142 cm³/mol. The van der Waals surface area contributed by atoms with Crippen LogP contribution in [0.25, 0.3) is 22.4 Å². The lowest BCUT2D eigenvalue weighted by atomic mass is 9.96. The molecule has 37 heavy (non-hydrogen) atoms. The van der Waals surface area contributed by atoms with Gasteiger partial charge in [0.25, 0.3) is 5.56 Å². The minimum absolute atomic E-state index is 0.0186. The van der Waals surface area contributed by atoms with Gasteiger partial charge in [0, 0.05) is 51.2 Å². The van der Waals surface area contributed by atoms with Crippen LogP contribution in [0.15, 0.2) is 35.3 Å². The number of hydrogen-bond acceptors (Lipinski definition) is 7. The van der Waals surface area contributed by atoms with Gasteiger partial charge >= 0.3 is 5.97 Å². The zero-order chi connectivity index (χ0) is 26.5. The van der Waals surface area contributed by atoms with Gasteiger partial charge in [-0.15, -0.1) is 0 Å². The van der Waals surface area contributed by atoms with Gasteiger partial charge in [0.05, 0.1) is 17.1 Å². The number of nitrogens with zero attached hydrogens (tertiary/aromatic N) is 3. The molecule has 3 heterocycles. The lowest BCUT2D eigenvalue weighted by Gasteiger charge is -2.28. The number of pyridine rings is 1. The minimum atomic E-state index is -0.860. The molecule has 1 aliphatic heterocycles. The summed E-state index contributed by atoms with van der Waals surface area (Å²) >= 11 is 0. The molecule has 2 atom stereocenters. The number of aliphatic hydroxyl groups excluding tert-OH is 1. The van der Waals surface area contributed by atoms with E-state index >= 15 is 0 Å². The summed E-state index contributed by atoms with van der Waals surface area (Å²) in [4.78, 5) is 29.2. The van der Waals surface area contributed by atoms with Crippen molar-refractivity contribution in [1.29, 1.82) is 0 Å². The molecule has 200 valence electrons. The Morgan fingerprint density at radius 1 is 1.22 bits per heavy atom. The van der Waals surface area contributed by atoms with Gasteiger partial charge in [-0.25, -0.2) is 4.98 Å². The third kappa shape index (κ3) is 6.47. The molecular formula is C28H38N4O5. The molecule has 9 heteroatoms. The lowest BCUT2D eigenvalue weighted by Crippen LogP contribution is -2.47. The van der Waals surface area contributed by atoms with Gasteiger partial charge in [0.2, 0.25) is 0 Å². The van der Waals surface area contributed by atoms with Gasteiger partial charge in [-0.05, 0) is 69.7 Å². The number of ether oxygens (including phenoxy) is 2. The Morgan fingerprint density at radius 2 is 1.95 bits per heavy atom. The number of hydrogen-bond donors (Lipinski definition) is 2. The van der Waals surface area contributed by atoms with Crippen LogP contribution in [0.3, 0.4) is 0 Å². The maximum absolute atomic E-state index is 12.4. The van der Waals surface area contributed by atoms with Crippen molar-refractivity contribution >= 4 is 17.0 Å². The number of fused-ring (bicyclic) bond motifs is 1. The van der Waals surface area contributed by atoms with Crippen molar-refractivity contribution in [3.63, 3.8) is 0 Å². The van der Waals surface area contributed by atoms with Crippen LogP contribution >= 0.6 is 0 Å². The first-order valence-corrected chi connectivity index (χ1v) is 13.1. The summed E-state index contributed by atoms with van der Waals surface area (Å²) < 4.78 is 14.0. The Balaban J connectivity index is 0.000000572. The van der Waals surface area contributed by atoms with Crippen LogP contribution in [0.1, 0.15) is 50.2 Å². The van der Waals surface area contributed by atoms with Crippen molar-refractivity contribution in [3.8, 4) is 11.4 Å². The number of aryl methyl sites for hydroxylation is 3. The zero-order valence-electron chi connectivity index (χ0n) is 22.2. The monoisotopic (exact) mass is 510 g/mol. The van der Waals surface area contributed by atoms with E-state index in [1.165, 1.54) is 12.8 Å². The van der Waals surface area contributed by atoms with Crippen molar-refractivity contribution in [2.75, 3.05) is 13.2 Å². The third-order valence-corrected chi connectivity index (χ3v) is 6.99. The van der Waals surface area contributed by atoms with E-state index in [4.69, 9.17) is 14.5 Å². The molecule has 0 bridgehead atoms. The van der Waals surface area contributed by atoms with E-state index in [0.717, 1.165) is 60.5 Å². The third-order valence-electron chi connectivity index (χ3n) is 6.99. The number of aliphatic hydroxyl groups is 1. The van der Waals surface area contributed by atoms with Crippen molar-refractivity contribution in [2.24, 2.45) is 14.1 Å². The average Bonchev–Trinajstić information content (AvgIpc) is 3.52. The number of rotatable bonds is 7. The standard InChI is InChI=1S/C24H30N4O4.C4H8O/c1-14-10-17(13-27(3)23(14)30)22-26-19-11-16(8-9-20(19)28(22)4)12-25-21(15(2)29)24(31)32-18-6-5-7-18;1-2-4-5-3-1/h8-11,13,15,18,21,25,29H,5-7,12H2,1-4H3;1-4H2/t15-,21+;/m1./s1. The van der Waals surface area contributed by atoms with Crippen molar-refractivity contribution < 1.29 is 19.4 Å². The maximum atomic E-state index is 12.4. The normalized spacial score (nSPS) is 17.1. The highest BCUT2D eigenvalue weighted by Crippen LogP contribution is 2.25. The topological polar surface area (TPSA) is 108 Å². The van der Waals surface area contributed by atoms with Gasteiger partial charge in [0.15, 0.2) is 0 Å². The Hall–Kier alpha value is -3.01. The Morgan fingerprint density at radius 3 is 2.51 bits per heavy atom. The fourth-order valence-corrected chi connectivity index (χ4v) is 4.53. The first-order chi connectivity index (χ1) is 17.7. The van der Waals surface area contributed by atoms with E-state index < -0.39 is 18.1 Å². The molecule has 0 unspecified atom stereocenters. The molecule has 0 radical (unpaired) electrons. The van der Waals surface area contributed by atoms with Gasteiger partial charge in [-0.2, -0.15) is 0 Å². The fourth-order valence-electron chi connectivity index (χ4n) is 4.53. The first-order valence-electron chi connectivity index (χ1n) is 13.1. The molecule has 1 aromatic carbocycles. The molecule has 1 aliphatic carbocycles. The van der Waals surface area contributed by atoms with Crippen LogP contribution in [0.2, 0.25) is 0 Å². The molecule has 2 aliphatic rings. The van der Waals surface area contributed by atoms with Crippen molar-refractivity contribution in [1.82, 2.24) is 19.4 Å². The summed E-state index contributed by atoms with van der Waals surface area (Å²) in [5, 5.41) is 13.2. The average molecular weight is 511 g/mol. The quantitative estimate of drug-likeness (QED) is 0.471. The van der Waals surface area contributed by atoms with Crippen LogP contribution in [-0.4, -0.2) is 56.7 Å². The molecule has 2 fully saturated rings. The Kier molecular flexibility index (Phi) is 8.79. The number of benzene rings is 1. The van der Waals surface area contributed by atoms with Crippen molar-refractivity contribution in [2.45, 2.75) is 70.7 Å². The molecule has 0 amide bonds. The number of nitrogens with one attached hydrogen (secondary N) is 1.